The molecule has 0 fully saturated rings. The number of hydrogen-bond donors (Lipinski definition) is 1. The summed E-state index contributed by atoms with van der Waals surface area (Å²) in [5.74, 6) is 1.59. The van der Waals surface area contributed by atoms with E-state index < -0.39 is 6.04 Å². The Labute approximate surface area is 161 Å². The smallest absolute Gasteiger partial charge is 0.251 e. The van der Waals surface area contributed by atoms with E-state index in [2.05, 4.69) is 15.5 Å². The van der Waals surface area contributed by atoms with Gasteiger partial charge in [-0.2, -0.15) is 4.98 Å². The molecular formula is C19H18ClN3O4. The van der Waals surface area contributed by atoms with Crippen molar-refractivity contribution in [2.45, 2.75) is 13.0 Å². The largest absolute Gasteiger partial charge is 0.493 e. The van der Waals surface area contributed by atoms with Gasteiger partial charge in [0.05, 0.1) is 14.2 Å². The Bertz CT molecular complexity index is 940. The topological polar surface area (TPSA) is 86.5 Å². The number of halogens is 1. The molecule has 3 rings (SSSR count). The van der Waals surface area contributed by atoms with E-state index in [1.165, 1.54) is 0 Å². The zero-order chi connectivity index (χ0) is 19.4. The van der Waals surface area contributed by atoms with E-state index in [1.54, 1.807) is 63.6 Å². The number of hydrogen-bond acceptors (Lipinski definition) is 6. The number of carbonyl (C=O) groups excluding carboxylic acids is 1. The third-order valence-electron chi connectivity index (χ3n) is 3.91. The van der Waals surface area contributed by atoms with Gasteiger partial charge in [0.15, 0.2) is 11.5 Å². The molecule has 0 radical (unpaired) electrons. The Morgan fingerprint density at radius 2 is 1.81 bits per heavy atom. The molecule has 8 heteroatoms. The minimum atomic E-state index is -0.463. The molecule has 1 aromatic heterocycles. The summed E-state index contributed by atoms with van der Waals surface area (Å²) in [5.41, 5.74) is 1.20. The molecule has 1 heterocycles. The van der Waals surface area contributed by atoms with Gasteiger partial charge in [-0.05, 0) is 49.4 Å². The van der Waals surface area contributed by atoms with Crippen molar-refractivity contribution in [3.05, 3.63) is 58.9 Å². The SMILES string of the molecule is COc1ccc(-c2noc([C@H](C)NC(=O)c3ccc(Cl)cc3)n2)cc1OC. The lowest BCUT2D eigenvalue weighted by Crippen LogP contribution is -2.26. The first kappa shape index (κ1) is 18.7. The van der Waals surface area contributed by atoms with Crippen LogP contribution in [0, 0.1) is 0 Å². The monoisotopic (exact) mass is 387 g/mol. The van der Waals surface area contributed by atoms with Crippen LogP contribution in [0.1, 0.15) is 29.2 Å². The van der Waals surface area contributed by atoms with Gasteiger partial charge in [0.25, 0.3) is 5.91 Å². The highest BCUT2D eigenvalue weighted by Crippen LogP contribution is 2.31. The Balaban J connectivity index is 1.75. The van der Waals surface area contributed by atoms with Gasteiger partial charge in [0.1, 0.15) is 6.04 Å². The number of aromatic nitrogens is 2. The number of amides is 1. The lowest BCUT2D eigenvalue weighted by molar-refractivity contribution is 0.0932. The first-order valence-electron chi connectivity index (χ1n) is 8.14. The second-order valence-electron chi connectivity index (χ2n) is 5.73. The van der Waals surface area contributed by atoms with Gasteiger partial charge in [-0.3, -0.25) is 4.79 Å². The number of benzene rings is 2. The molecule has 3 aromatic rings. The molecule has 0 bridgehead atoms. The van der Waals surface area contributed by atoms with Crippen LogP contribution in [0.2, 0.25) is 5.02 Å². The fraction of sp³-hybridized carbons (Fsp3) is 0.211. The summed E-state index contributed by atoms with van der Waals surface area (Å²) < 4.78 is 15.8. The van der Waals surface area contributed by atoms with E-state index in [0.29, 0.717) is 39.4 Å². The Morgan fingerprint density at radius 1 is 1.11 bits per heavy atom. The lowest BCUT2D eigenvalue weighted by atomic mass is 10.2. The number of methoxy groups -OCH3 is 2. The summed E-state index contributed by atoms with van der Waals surface area (Å²) in [6.07, 6.45) is 0. The van der Waals surface area contributed by atoms with Crippen LogP contribution in [-0.4, -0.2) is 30.3 Å². The summed E-state index contributed by atoms with van der Waals surface area (Å²) in [4.78, 5) is 16.7. The van der Waals surface area contributed by atoms with E-state index in [1.807, 2.05) is 0 Å². The highest BCUT2D eigenvalue weighted by Gasteiger charge is 2.19. The quantitative estimate of drug-likeness (QED) is 0.690. The molecule has 0 aliphatic carbocycles. The number of nitrogens with zero attached hydrogens (tertiary/aromatic N) is 2. The lowest BCUT2D eigenvalue weighted by Gasteiger charge is -2.09. The average molecular weight is 388 g/mol. The van der Waals surface area contributed by atoms with Crippen LogP contribution in [-0.2, 0) is 0 Å². The molecule has 7 nitrogen and oxygen atoms in total. The minimum absolute atomic E-state index is 0.259. The molecule has 1 atom stereocenters. The van der Waals surface area contributed by atoms with Crippen LogP contribution in [0.25, 0.3) is 11.4 Å². The first-order valence-corrected chi connectivity index (χ1v) is 8.52. The van der Waals surface area contributed by atoms with Crippen LogP contribution in [0.5, 0.6) is 11.5 Å². The summed E-state index contributed by atoms with van der Waals surface area (Å²) in [6.45, 7) is 1.76. The van der Waals surface area contributed by atoms with E-state index in [-0.39, 0.29) is 5.91 Å². The van der Waals surface area contributed by atoms with Crippen LogP contribution in [0.15, 0.2) is 47.0 Å². The van der Waals surface area contributed by atoms with Gasteiger partial charge < -0.3 is 19.3 Å². The molecule has 0 unspecified atom stereocenters. The zero-order valence-corrected chi connectivity index (χ0v) is 15.8. The standard InChI is InChI=1S/C19H18ClN3O4/c1-11(21-18(24)12-4-7-14(20)8-5-12)19-22-17(23-27-19)13-6-9-15(25-2)16(10-13)26-3/h4-11H,1-3H3,(H,21,24)/t11-/m0/s1. The van der Waals surface area contributed by atoms with Crippen LogP contribution in [0.4, 0.5) is 0 Å². The Morgan fingerprint density at radius 3 is 2.48 bits per heavy atom. The molecule has 2 aromatic carbocycles. The second kappa shape index (κ2) is 8.09. The fourth-order valence-corrected chi connectivity index (χ4v) is 2.57. The third-order valence-corrected chi connectivity index (χ3v) is 4.16. The predicted octanol–water partition coefficient (Wildman–Crippen LogP) is 3.90. The average Bonchev–Trinajstić information content (AvgIpc) is 3.18. The van der Waals surface area contributed by atoms with E-state index in [0.717, 1.165) is 0 Å². The van der Waals surface area contributed by atoms with Crippen molar-refractivity contribution in [2.24, 2.45) is 0 Å². The summed E-state index contributed by atoms with van der Waals surface area (Å²) in [5, 5.41) is 7.36. The number of carbonyl (C=O) groups is 1. The number of rotatable bonds is 6. The first-order chi connectivity index (χ1) is 13.0. The highest BCUT2D eigenvalue weighted by atomic mass is 35.5. The summed E-state index contributed by atoms with van der Waals surface area (Å²) in [6, 6.07) is 11.5. The fourth-order valence-electron chi connectivity index (χ4n) is 2.45. The van der Waals surface area contributed by atoms with Crippen molar-refractivity contribution in [1.82, 2.24) is 15.5 Å². The molecule has 0 saturated heterocycles. The van der Waals surface area contributed by atoms with Crippen molar-refractivity contribution < 1.29 is 18.8 Å². The predicted molar refractivity (Wildman–Crippen MR) is 100 cm³/mol. The molecule has 0 saturated carbocycles. The van der Waals surface area contributed by atoms with Gasteiger partial charge in [-0.15, -0.1) is 0 Å². The zero-order valence-electron chi connectivity index (χ0n) is 15.0. The Kier molecular flexibility index (Phi) is 5.61. The van der Waals surface area contributed by atoms with Gasteiger partial charge >= 0.3 is 0 Å². The molecule has 140 valence electrons. The van der Waals surface area contributed by atoms with Crippen LogP contribution >= 0.6 is 11.6 Å². The third kappa shape index (κ3) is 4.20. The maximum Gasteiger partial charge on any atom is 0.251 e. The minimum Gasteiger partial charge on any atom is -0.493 e. The van der Waals surface area contributed by atoms with E-state index in [9.17, 15) is 4.79 Å². The molecule has 1 amide bonds. The van der Waals surface area contributed by atoms with Gasteiger partial charge in [0.2, 0.25) is 11.7 Å². The maximum atomic E-state index is 12.3. The maximum absolute atomic E-state index is 12.3. The molecular weight excluding hydrogens is 370 g/mol. The highest BCUT2D eigenvalue weighted by molar-refractivity contribution is 6.30. The summed E-state index contributed by atoms with van der Waals surface area (Å²) in [7, 11) is 3.12. The van der Waals surface area contributed by atoms with Crippen molar-refractivity contribution >= 4 is 17.5 Å². The normalized spacial score (nSPS) is 11.7. The van der Waals surface area contributed by atoms with Gasteiger partial charge in [0, 0.05) is 16.1 Å². The van der Waals surface area contributed by atoms with E-state index >= 15 is 0 Å². The number of nitrogens with one attached hydrogen (secondary N) is 1. The molecule has 27 heavy (non-hydrogen) atoms. The molecule has 0 aliphatic heterocycles. The van der Waals surface area contributed by atoms with Crippen molar-refractivity contribution in [2.75, 3.05) is 14.2 Å². The van der Waals surface area contributed by atoms with E-state index in [4.69, 9.17) is 25.6 Å². The second-order valence-corrected chi connectivity index (χ2v) is 6.16. The molecule has 1 N–H and O–H groups in total. The van der Waals surface area contributed by atoms with Crippen molar-refractivity contribution in [1.29, 1.82) is 0 Å². The van der Waals surface area contributed by atoms with Crippen LogP contribution < -0.4 is 14.8 Å². The van der Waals surface area contributed by atoms with Gasteiger partial charge in [-0.25, -0.2) is 0 Å². The Hall–Kier alpha value is -3.06. The van der Waals surface area contributed by atoms with Crippen LogP contribution in [0.3, 0.4) is 0 Å². The number of ether oxygens (including phenoxy) is 2. The summed E-state index contributed by atoms with van der Waals surface area (Å²) >= 11 is 5.84. The molecule has 0 spiro atoms. The van der Waals surface area contributed by atoms with Crippen molar-refractivity contribution in [3.63, 3.8) is 0 Å². The molecule has 0 aliphatic rings. The van der Waals surface area contributed by atoms with Gasteiger partial charge in [-0.1, -0.05) is 16.8 Å². The van der Waals surface area contributed by atoms with Crippen molar-refractivity contribution in [3.8, 4) is 22.9 Å².